The lowest BCUT2D eigenvalue weighted by molar-refractivity contribution is 0.126. The number of pyridine rings is 1. The van der Waals surface area contributed by atoms with E-state index in [2.05, 4.69) is 9.88 Å². The van der Waals surface area contributed by atoms with Crippen molar-refractivity contribution in [2.75, 3.05) is 4.90 Å². The number of hydrogen-bond donors (Lipinski definition) is 1. The molecule has 2 saturated heterocycles. The Bertz CT molecular complexity index is 537. The maximum Gasteiger partial charge on any atom is 0.186 e. The molecular formula is C13H15N3OS. The van der Waals surface area contributed by atoms with E-state index in [1.807, 2.05) is 18.5 Å². The van der Waals surface area contributed by atoms with E-state index in [-0.39, 0.29) is 6.10 Å². The molecular weight excluding hydrogens is 246 g/mol. The molecule has 2 aromatic heterocycles. The summed E-state index contributed by atoms with van der Waals surface area (Å²) in [5.74, 6) is 0. The summed E-state index contributed by atoms with van der Waals surface area (Å²) in [6, 6.07) is 2.98. The number of fused-ring (bicyclic) bond motifs is 3. The smallest absolute Gasteiger partial charge is 0.186 e. The van der Waals surface area contributed by atoms with Crippen LogP contribution in [0.3, 0.4) is 0 Å². The molecule has 0 radical (unpaired) electrons. The van der Waals surface area contributed by atoms with Crippen LogP contribution >= 0.6 is 11.3 Å². The number of aromatic nitrogens is 2. The SMILES string of the molecule is OC1CC2CCC(C1)N2c1nc2cnccc2s1. The summed E-state index contributed by atoms with van der Waals surface area (Å²) in [6.07, 6.45) is 7.70. The highest BCUT2D eigenvalue weighted by molar-refractivity contribution is 7.22. The van der Waals surface area contributed by atoms with Crippen LogP contribution in [0.1, 0.15) is 25.7 Å². The van der Waals surface area contributed by atoms with Gasteiger partial charge in [0.25, 0.3) is 0 Å². The van der Waals surface area contributed by atoms with Crippen molar-refractivity contribution in [1.82, 2.24) is 9.97 Å². The molecule has 18 heavy (non-hydrogen) atoms. The largest absolute Gasteiger partial charge is 0.393 e. The van der Waals surface area contributed by atoms with Crippen LogP contribution in [0.5, 0.6) is 0 Å². The monoisotopic (exact) mass is 261 g/mol. The summed E-state index contributed by atoms with van der Waals surface area (Å²) in [5.41, 5.74) is 0.989. The number of thiazole rings is 1. The van der Waals surface area contributed by atoms with Gasteiger partial charge in [-0.2, -0.15) is 0 Å². The van der Waals surface area contributed by atoms with Crippen molar-refractivity contribution in [2.24, 2.45) is 0 Å². The van der Waals surface area contributed by atoms with Gasteiger partial charge in [0, 0.05) is 18.3 Å². The zero-order valence-corrected chi connectivity index (χ0v) is 10.8. The lowest BCUT2D eigenvalue weighted by Crippen LogP contribution is -2.44. The Morgan fingerprint density at radius 2 is 2.06 bits per heavy atom. The lowest BCUT2D eigenvalue weighted by atomic mass is 10.0. The molecule has 4 heterocycles. The second kappa shape index (κ2) is 3.90. The van der Waals surface area contributed by atoms with Crippen molar-refractivity contribution >= 4 is 26.7 Å². The minimum absolute atomic E-state index is 0.116. The van der Waals surface area contributed by atoms with Crippen molar-refractivity contribution in [2.45, 2.75) is 43.9 Å². The molecule has 4 rings (SSSR count). The topological polar surface area (TPSA) is 49.2 Å². The zero-order chi connectivity index (χ0) is 12.1. The predicted octanol–water partition coefficient (Wildman–Crippen LogP) is 2.18. The molecule has 2 aliphatic rings. The molecule has 0 amide bonds. The number of hydrogen-bond acceptors (Lipinski definition) is 5. The Labute approximate surface area is 109 Å². The first kappa shape index (κ1) is 10.7. The Morgan fingerprint density at radius 1 is 1.28 bits per heavy atom. The van der Waals surface area contributed by atoms with Gasteiger partial charge in [-0.25, -0.2) is 4.98 Å². The normalized spacial score (nSPS) is 31.2. The highest BCUT2D eigenvalue weighted by Crippen LogP contribution is 2.41. The van der Waals surface area contributed by atoms with Gasteiger partial charge in [-0.3, -0.25) is 4.98 Å². The summed E-state index contributed by atoms with van der Waals surface area (Å²) < 4.78 is 1.20. The predicted molar refractivity (Wildman–Crippen MR) is 71.9 cm³/mol. The average Bonchev–Trinajstić information content (AvgIpc) is 2.88. The average molecular weight is 261 g/mol. The molecule has 0 saturated carbocycles. The van der Waals surface area contributed by atoms with Gasteiger partial charge in [-0.1, -0.05) is 11.3 Å². The number of nitrogens with zero attached hydrogens (tertiary/aromatic N) is 3. The van der Waals surface area contributed by atoms with E-state index in [1.54, 1.807) is 11.3 Å². The van der Waals surface area contributed by atoms with Gasteiger partial charge < -0.3 is 10.0 Å². The summed E-state index contributed by atoms with van der Waals surface area (Å²) in [7, 11) is 0. The van der Waals surface area contributed by atoms with Crippen molar-refractivity contribution in [3.8, 4) is 0 Å². The van der Waals surface area contributed by atoms with E-state index in [0.717, 1.165) is 23.5 Å². The van der Waals surface area contributed by atoms with E-state index < -0.39 is 0 Å². The summed E-state index contributed by atoms with van der Waals surface area (Å²) in [4.78, 5) is 11.3. The van der Waals surface area contributed by atoms with Crippen LogP contribution in [0.25, 0.3) is 10.2 Å². The van der Waals surface area contributed by atoms with Gasteiger partial charge in [-0.05, 0) is 31.7 Å². The molecule has 0 aromatic carbocycles. The Hall–Kier alpha value is -1.20. The quantitative estimate of drug-likeness (QED) is 0.855. The first-order valence-electron chi connectivity index (χ1n) is 6.48. The number of rotatable bonds is 1. The van der Waals surface area contributed by atoms with Crippen molar-refractivity contribution < 1.29 is 5.11 Å². The van der Waals surface area contributed by atoms with Crippen LogP contribution in [0.4, 0.5) is 5.13 Å². The van der Waals surface area contributed by atoms with E-state index in [1.165, 1.54) is 17.5 Å². The highest BCUT2D eigenvalue weighted by Gasteiger charge is 2.41. The fraction of sp³-hybridized carbons (Fsp3) is 0.538. The first-order chi connectivity index (χ1) is 8.81. The van der Waals surface area contributed by atoms with Gasteiger partial charge in [0.1, 0.15) is 5.52 Å². The van der Waals surface area contributed by atoms with Crippen LogP contribution in [0.2, 0.25) is 0 Å². The molecule has 2 bridgehead atoms. The number of piperidine rings is 1. The van der Waals surface area contributed by atoms with Crippen LogP contribution < -0.4 is 4.90 Å². The molecule has 2 atom stereocenters. The zero-order valence-electron chi connectivity index (χ0n) is 9.99. The fourth-order valence-corrected chi connectivity index (χ4v) is 4.41. The van der Waals surface area contributed by atoms with E-state index >= 15 is 0 Å². The molecule has 4 nitrogen and oxygen atoms in total. The Balaban J connectivity index is 1.74. The highest BCUT2D eigenvalue weighted by atomic mass is 32.1. The van der Waals surface area contributed by atoms with Crippen LogP contribution in [0, 0.1) is 0 Å². The Morgan fingerprint density at radius 3 is 2.78 bits per heavy atom. The second-order valence-corrected chi connectivity index (χ2v) is 6.27. The number of aliphatic hydroxyl groups excluding tert-OH is 1. The van der Waals surface area contributed by atoms with E-state index in [0.29, 0.717) is 12.1 Å². The molecule has 2 aromatic rings. The maximum absolute atomic E-state index is 9.84. The van der Waals surface area contributed by atoms with Crippen LogP contribution in [-0.4, -0.2) is 33.3 Å². The molecule has 94 valence electrons. The van der Waals surface area contributed by atoms with Gasteiger partial charge in [0.05, 0.1) is 17.0 Å². The minimum atomic E-state index is -0.116. The second-order valence-electron chi connectivity index (χ2n) is 5.26. The van der Waals surface area contributed by atoms with E-state index in [9.17, 15) is 5.11 Å². The summed E-state index contributed by atoms with van der Waals surface area (Å²) >= 11 is 1.75. The van der Waals surface area contributed by atoms with Gasteiger partial charge in [-0.15, -0.1) is 0 Å². The van der Waals surface area contributed by atoms with Crippen molar-refractivity contribution in [3.63, 3.8) is 0 Å². The standard InChI is InChI=1S/C13H15N3OS/c17-10-5-8-1-2-9(6-10)16(8)13-15-11-7-14-4-3-12(11)18-13/h3-4,7-10,17H,1-2,5-6H2. The maximum atomic E-state index is 9.84. The van der Waals surface area contributed by atoms with Gasteiger partial charge >= 0.3 is 0 Å². The third kappa shape index (κ3) is 1.54. The van der Waals surface area contributed by atoms with E-state index in [4.69, 9.17) is 4.98 Å². The van der Waals surface area contributed by atoms with Crippen molar-refractivity contribution in [3.05, 3.63) is 18.5 Å². The van der Waals surface area contributed by atoms with Gasteiger partial charge in [0.15, 0.2) is 5.13 Å². The Kier molecular flexibility index (Phi) is 2.32. The number of aliphatic hydroxyl groups is 1. The first-order valence-corrected chi connectivity index (χ1v) is 7.30. The third-order valence-electron chi connectivity index (χ3n) is 4.11. The lowest BCUT2D eigenvalue weighted by Gasteiger charge is -2.36. The molecule has 5 heteroatoms. The van der Waals surface area contributed by atoms with Crippen LogP contribution in [0.15, 0.2) is 18.5 Å². The summed E-state index contributed by atoms with van der Waals surface area (Å²) in [6.45, 7) is 0. The molecule has 2 fully saturated rings. The molecule has 2 aliphatic heterocycles. The van der Waals surface area contributed by atoms with Crippen molar-refractivity contribution in [1.29, 1.82) is 0 Å². The molecule has 2 unspecified atom stereocenters. The van der Waals surface area contributed by atoms with Crippen LogP contribution in [-0.2, 0) is 0 Å². The molecule has 1 N–H and O–H groups in total. The van der Waals surface area contributed by atoms with Gasteiger partial charge in [0.2, 0.25) is 0 Å². The molecule has 0 spiro atoms. The summed E-state index contributed by atoms with van der Waals surface area (Å²) in [5, 5.41) is 10.9. The minimum Gasteiger partial charge on any atom is -0.393 e. The molecule has 0 aliphatic carbocycles. The third-order valence-corrected chi connectivity index (χ3v) is 5.16. The number of anilines is 1. The fourth-order valence-electron chi connectivity index (χ4n) is 3.34.